The second-order valence-corrected chi connectivity index (χ2v) is 3.93. The molecular formula is C11H11FN2S. The molecule has 15 heavy (non-hydrogen) atoms. The first-order chi connectivity index (χ1) is 7.08. The molecule has 0 unspecified atom stereocenters. The highest BCUT2D eigenvalue weighted by atomic mass is 32.1. The molecule has 0 radical (unpaired) electrons. The molecule has 1 aromatic carbocycles. The van der Waals surface area contributed by atoms with Crippen molar-refractivity contribution in [3.05, 3.63) is 46.2 Å². The van der Waals surface area contributed by atoms with Crippen molar-refractivity contribution >= 4 is 12.2 Å². The predicted octanol–water partition coefficient (Wildman–Crippen LogP) is 3.29. The molecule has 0 amide bonds. The van der Waals surface area contributed by atoms with Crippen molar-refractivity contribution in [1.82, 2.24) is 9.55 Å². The minimum atomic E-state index is -0.227. The summed E-state index contributed by atoms with van der Waals surface area (Å²) in [5.41, 5.74) is 2.76. The molecular weight excluding hydrogens is 211 g/mol. The van der Waals surface area contributed by atoms with Gasteiger partial charge in [-0.25, -0.2) is 4.39 Å². The number of halogens is 1. The van der Waals surface area contributed by atoms with Crippen molar-refractivity contribution in [3.63, 3.8) is 0 Å². The number of aromatic amines is 1. The number of aromatic nitrogens is 2. The summed E-state index contributed by atoms with van der Waals surface area (Å²) in [6.45, 7) is 3.80. The lowest BCUT2D eigenvalue weighted by Crippen LogP contribution is -1.95. The van der Waals surface area contributed by atoms with Crippen LogP contribution in [0.2, 0.25) is 0 Å². The summed E-state index contributed by atoms with van der Waals surface area (Å²) in [6, 6.07) is 4.67. The minimum Gasteiger partial charge on any atom is -0.335 e. The molecule has 1 heterocycles. The highest BCUT2D eigenvalue weighted by Crippen LogP contribution is 2.16. The average Bonchev–Trinajstić information content (AvgIpc) is 2.45. The number of nitrogens with zero attached hydrogens (tertiary/aromatic N) is 1. The summed E-state index contributed by atoms with van der Waals surface area (Å²) >= 11 is 5.16. The number of benzene rings is 1. The average molecular weight is 222 g/mol. The third-order valence-electron chi connectivity index (χ3n) is 2.26. The van der Waals surface area contributed by atoms with Crippen LogP contribution in [0.25, 0.3) is 5.69 Å². The van der Waals surface area contributed by atoms with Crippen molar-refractivity contribution in [2.45, 2.75) is 13.8 Å². The summed E-state index contributed by atoms with van der Waals surface area (Å²) in [7, 11) is 0. The van der Waals surface area contributed by atoms with E-state index in [-0.39, 0.29) is 5.82 Å². The maximum atomic E-state index is 12.9. The summed E-state index contributed by atoms with van der Waals surface area (Å²) in [6.07, 6.45) is 1.91. The Morgan fingerprint density at radius 1 is 1.33 bits per heavy atom. The monoisotopic (exact) mass is 222 g/mol. The Hall–Kier alpha value is -1.42. The maximum Gasteiger partial charge on any atom is 0.181 e. The molecule has 0 bridgehead atoms. The van der Waals surface area contributed by atoms with Gasteiger partial charge in [0.15, 0.2) is 4.77 Å². The number of imidazole rings is 1. The molecule has 2 nitrogen and oxygen atoms in total. The lowest BCUT2D eigenvalue weighted by molar-refractivity contribution is 0.626. The van der Waals surface area contributed by atoms with Crippen molar-refractivity contribution in [3.8, 4) is 5.69 Å². The lowest BCUT2D eigenvalue weighted by Gasteiger charge is -2.06. The van der Waals surface area contributed by atoms with E-state index in [1.165, 1.54) is 12.1 Å². The molecule has 0 saturated carbocycles. The van der Waals surface area contributed by atoms with Crippen LogP contribution < -0.4 is 0 Å². The second kappa shape index (κ2) is 3.62. The second-order valence-electron chi connectivity index (χ2n) is 3.54. The van der Waals surface area contributed by atoms with Gasteiger partial charge in [0, 0.05) is 11.9 Å². The molecule has 0 atom stereocenters. The maximum absolute atomic E-state index is 12.9. The van der Waals surface area contributed by atoms with Gasteiger partial charge < -0.3 is 4.98 Å². The van der Waals surface area contributed by atoms with Gasteiger partial charge in [0.2, 0.25) is 0 Å². The van der Waals surface area contributed by atoms with Crippen LogP contribution in [0.5, 0.6) is 0 Å². The molecule has 1 N–H and O–H groups in total. The molecule has 1 aromatic heterocycles. The zero-order valence-electron chi connectivity index (χ0n) is 8.54. The van der Waals surface area contributed by atoms with E-state index in [9.17, 15) is 4.39 Å². The smallest absolute Gasteiger partial charge is 0.181 e. The van der Waals surface area contributed by atoms with Gasteiger partial charge in [-0.2, -0.15) is 0 Å². The van der Waals surface area contributed by atoms with E-state index < -0.39 is 0 Å². The van der Waals surface area contributed by atoms with E-state index in [0.717, 1.165) is 16.9 Å². The standard InChI is InChI=1S/C11H11FN2S/c1-7-5-9(12)3-4-10(7)14-6-8(2)13-11(14)15/h3-6H,1-2H3,(H,13,15). The van der Waals surface area contributed by atoms with Crippen LogP contribution in [0.1, 0.15) is 11.3 Å². The van der Waals surface area contributed by atoms with Crippen LogP contribution in [0.15, 0.2) is 24.4 Å². The van der Waals surface area contributed by atoms with Gasteiger partial charge in [-0.15, -0.1) is 0 Å². The normalized spacial score (nSPS) is 10.6. The van der Waals surface area contributed by atoms with E-state index in [0.29, 0.717) is 4.77 Å². The Balaban J connectivity index is 2.64. The summed E-state index contributed by atoms with van der Waals surface area (Å²) < 4.78 is 15.4. The van der Waals surface area contributed by atoms with Crippen LogP contribution in [-0.2, 0) is 0 Å². The first-order valence-electron chi connectivity index (χ1n) is 4.63. The molecule has 78 valence electrons. The van der Waals surface area contributed by atoms with Crippen molar-refractivity contribution in [2.75, 3.05) is 0 Å². The van der Waals surface area contributed by atoms with Crippen molar-refractivity contribution in [1.29, 1.82) is 0 Å². The molecule has 0 aliphatic rings. The van der Waals surface area contributed by atoms with E-state index in [1.807, 2.05) is 24.6 Å². The highest BCUT2D eigenvalue weighted by molar-refractivity contribution is 7.71. The molecule has 0 aliphatic carbocycles. The summed E-state index contributed by atoms with van der Waals surface area (Å²) in [5, 5.41) is 0. The number of rotatable bonds is 1. The SMILES string of the molecule is Cc1cn(-c2ccc(F)cc2C)c(=S)[nH]1. The summed E-state index contributed by atoms with van der Waals surface area (Å²) in [4.78, 5) is 3.03. The fourth-order valence-electron chi connectivity index (χ4n) is 1.58. The first-order valence-corrected chi connectivity index (χ1v) is 5.03. The van der Waals surface area contributed by atoms with Crippen molar-refractivity contribution < 1.29 is 4.39 Å². The lowest BCUT2D eigenvalue weighted by atomic mass is 10.2. The molecule has 0 fully saturated rings. The highest BCUT2D eigenvalue weighted by Gasteiger charge is 2.04. The van der Waals surface area contributed by atoms with Gasteiger partial charge in [-0.1, -0.05) is 0 Å². The van der Waals surface area contributed by atoms with E-state index in [4.69, 9.17) is 12.2 Å². The molecule has 0 saturated heterocycles. The number of hydrogen-bond donors (Lipinski definition) is 1. The molecule has 2 rings (SSSR count). The zero-order valence-corrected chi connectivity index (χ0v) is 9.36. The third kappa shape index (κ3) is 1.85. The molecule has 2 aromatic rings. The fraction of sp³-hybridized carbons (Fsp3) is 0.182. The number of aryl methyl sites for hydroxylation is 2. The first kappa shape index (κ1) is 10.1. The van der Waals surface area contributed by atoms with Crippen LogP contribution >= 0.6 is 12.2 Å². The predicted molar refractivity (Wildman–Crippen MR) is 60.4 cm³/mol. The Morgan fingerprint density at radius 2 is 2.07 bits per heavy atom. The quantitative estimate of drug-likeness (QED) is 0.734. The van der Waals surface area contributed by atoms with Gasteiger partial charge in [0.25, 0.3) is 0 Å². The van der Waals surface area contributed by atoms with Gasteiger partial charge in [-0.05, 0) is 49.8 Å². The zero-order chi connectivity index (χ0) is 11.0. The summed E-state index contributed by atoms with van der Waals surface area (Å²) in [5.74, 6) is -0.227. The molecule has 0 spiro atoms. The molecule has 4 heteroatoms. The Kier molecular flexibility index (Phi) is 2.44. The van der Waals surface area contributed by atoms with Crippen molar-refractivity contribution in [2.24, 2.45) is 0 Å². The largest absolute Gasteiger partial charge is 0.335 e. The van der Waals surface area contributed by atoms with Gasteiger partial charge in [-0.3, -0.25) is 4.57 Å². The number of H-pyrrole nitrogens is 1. The topological polar surface area (TPSA) is 20.7 Å². The number of hydrogen-bond acceptors (Lipinski definition) is 1. The van der Waals surface area contributed by atoms with E-state index in [1.54, 1.807) is 6.07 Å². The van der Waals surface area contributed by atoms with E-state index in [2.05, 4.69) is 4.98 Å². The van der Waals surface area contributed by atoms with E-state index >= 15 is 0 Å². The minimum absolute atomic E-state index is 0.227. The third-order valence-corrected chi connectivity index (χ3v) is 2.56. The fourth-order valence-corrected chi connectivity index (χ4v) is 1.89. The van der Waals surface area contributed by atoms with Crippen LogP contribution in [0.4, 0.5) is 4.39 Å². The van der Waals surface area contributed by atoms with Gasteiger partial charge in [0.1, 0.15) is 5.82 Å². The molecule has 0 aliphatic heterocycles. The van der Waals surface area contributed by atoms with Gasteiger partial charge >= 0.3 is 0 Å². The van der Waals surface area contributed by atoms with Crippen LogP contribution in [0, 0.1) is 24.4 Å². The Labute approximate surface area is 92.4 Å². The van der Waals surface area contributed by atoms with Crippen LogP contribution in [0.3, 0.4) is 0 Å². The van der Waals surface area contributed by atoms with Gasteiger partial charge in [0.05, 0.1) is 5.69 Å². The Morgan fingerprint density at radius 3 is 2.60 bits per heavy atom. The number of nitrogens with one attached hydrogen (secondary N) is 1. The van der Waals surface area contributed by atoms with Crippen LogP contribution in [-0.4, -0.2) is 9.55 Å². The Bertz CT molecular complexity index is 554.